The molecule has 6 aliphatic rings. The third-order valence-corrected chi connectivity index (χ3v) is 25.7. The SMILES string of the molecule is CC(C)C[C@H](NC(=O)[C@H](Cc1ccccc1)NC(=O)CNC(=O)CNC(=O)[C@@H](N)Cc1ccc(O)cc1)C(=O)NCCCC[C@H](NC(=O)COCCOCCNC(=O)CC[C@@H](C)[C@H]1CC[C@H]2[C@@H]3CC[C@@H]4C[C@@H](O)CC[C@]4(C)[C@H]3C[C@H](O)[C@]12C)C(=O)N[C@@H](CCCCNC(=O)CCCC[C@@H]1SC[C@@H]2NC(=O)N[C@@H]21)C(=O)O. The average molecular weight is 1560 g/mol. The second kappa shape index (κ2) is 43.4. The number of carbonyl (C=O) groups excluding carboxylic acids is 10. The molecule has 17 N–H and O–H groups in total. The fourth-order valence-electron chi connectivity index (χ4n) is 18.2. The van der Waals surface area contributed by atoms with Gasteiger partial charge in [0.15, 0.2) is 0 Å². The molecule has 2 aromatic carbocycles. The maximum Gasteiger partial charge on any atom is 0.326 e. The van der Waals surface area contributed by atoms with Crippen molar-refractivity contribution in [3.8, 4) is 5.75 Å². The topological polar surface area (TPSA) is 445 Å². The van der Waals surface area contributed by atoms with E-state index in [-0.39, 0.29) is 142 Å². The number of carbonyl (C=O) groups is 11. The van der Waals surface area contributed by atoms with Crippen molar-refractivity contribution >= 4 is 76.9 Å². The van der Waals surface area contributed by atoms with E-state index >= 15 is 0 Å². The Bertz CT molecular complexity index is 3380. The number of unbranched alkanes of at least 4 members (excludes halogenated alkanes) is 3. The number of phenols is 1. The number of aliphatic hydroxyl groups excluding tert-OH is 2. The number of benzene rings is 2. The number of hydrogen-bond acceptors (Lipinski definition) is 18. The van der Waals surface area contributed by atoms with Crippen LogP contribution in [0, 0.1) is 52.3 Å². The molecule has 6 fully saturated rings. The van der Waals surface area contributed by atoms with Crippen molar-refractivity contribution in [1.29, 1.82) is 0 Å². The van der Waals surface area contributed by atoms with Crippen LogP contribution in [0.15, 0.2) is 54.6 Å². The average Bonchev–Trinajstić information content (AvgIpc) is 1.42. The highest BCUT2D eigenvalue weighted by Gasteiger charge is 2.64. The fourth-order valence-corrected chi connectivity index (χ4v) is 19.7. The molecular weight excluding hydrogens is 1430 g/mol. The minimum atomic E-state index is -1.33. The maximum atomic E-state index is 14.1. The van der Waals surface area contributed by atoms with Gasteiger partial charge >= 0.3 is 12.0 Å². The normalized spacial score (nSPS) is 26.0. The van der Waals surface area contributed by atoms with Gasteiger partial charge in [-0.3, -0.25) is 43.2 Å². The van der Waals surface area contributed by atoms with E-state index in [4.69, 9.17) is 15.2 Å². The first-order valence-corrected chi connectivity index (χ1v) is 41.2. The van der Waals surface area contributed by atoms with Crippen molar-refractivity contribution in [2.45, 2.75) is 242 Å². The van der Waals surface area contributed by atoms with E-state index in [1.165, 1.54) is 12.1 Å². The Morgan fingerprint density at radius 2 is 1.26 bits per heavy atom. The Labute approximate surface area is 651 Å². The summed E-state index contributed by atoms with van der Waals surface area (Å²) in [7, 11) is 0. The summed E-state index contributed by atoms with van der Waals surface area (Å²) >= 11 is 1.82. The standard InChI is InChI=1S/C80H124N12O17S/c1-48(2)39-62(90-76(104)63(41-50-15-7-6-8-16-50)88-70(99)45-85-69(98)44-86-73(101)59(81)40-51-22-25-53(93)26-23-51)74(102)84-34-14-11-17-60(75(103)89-61(77(105)106)18-12-13-33-82-67(96)20-10-9-19-65-72-64(47-110-65)91-78(107)92-72)87-71(100)46-109-38-37-108-36-35-83-68(97)30-21-49(3)56-28-29-57-55-27-24-52-42-54(94)31-32-79(52,4)58(55)43-66(95)80(56,57)5/h6-8,15-16,22-23,25-26,48-49,52,54-66,72,93-95H,9-14,17-21,24,27-47,81H2,1-5H3,(H,82,96)(H,83,97)(H,84,102)(H,85,98)(H,86,101)(H,87,100)(H,88,99)(H,89,103)(H,90,104)(H,105,106)(H2,91,92,107)/t49-,52-,54+,55+,56-,57+,58+,59+,60+,61+,62+,63+,64+,65+,66+,72+,79+,80-/m1/s1. The smallest absolute Gasteiger partial charge is 0.326 e. The molecule has 2 saturated heterocycles. The third-order valence-electron chi connectivity index (χ3n) is 24.2. The van der Waals surface area contributed by atoms with Gasteiger partial charge in [-0.25, -0.2) is 9.59 Å². The summed E-state index contributed by atoms with van der Waals surface area (Å²) < 4.78 is 11.3. The van der Waals surface area contributed by atoms with Crippen molar-refractivity contribution < 1.29 is 82.6 Å². The van der Waals surface area contributed by atoms with Crippen LogP contribution in [0.25, 0.3) is 0 Å². The van der Waals surface area contributed by atoms with E-state index in [9.17, 15) is 73.2 Å². The number of nitrogens with one attached hydrogen (secondary N) is 11. The number of aromatic hydroxyl groups is 1. The van der Waals surface area contributed by atoms with Crippen LogP contribution < -0.4 is 64.2 Å². The highest BCUT2D eigenvalue weighted by atomic mass is 32.2. The van der Waals surface area contributed by atoms with Crippen LogP contribution in [-0.2, 0) is 70.3 Å². The maximum absolute atomic E-state index is 14.1. The number of fused-ring (bicyclic) bond motifs is 6. The fraction of sp³-hybridized carbons (Fsp3) is 0.713. The molecule has 18 atom stereocenters. The lowest BCUT2D eigenvalue weighted by Crippen LogP contribution is -2.58. The predicted octanol–water partition coefficient (Wildman–Crippen LogP) is 3.66. The molecule has 30 heteroatoms. The van der Waals surface area contributed by atoms with Gasteiger partial charge < -0.3 is 94.1 Å². The first-order valence-electron chi connectivity index (χ1n) is 40.2. The van der Waals surface area contributed by atoms with E-state index in [0.717, 1.165) is 70.0 Å². The predicted molar refractivity (Wildman–Crippen MR) is 414 cm³/mol. The Balaban J connectivity index is 0.766. The zero-order valence-electron chi connectivity index (χ0n) is 64.9. The molecule has 2 aliphatic heterocycles. The summed E-state index contributed by atoms with van der Waals surface area (Å²) in [5.74, 6) is -2.74. The van der Waals surface area contributed by atoms with Crippen LogP contribution in [0.2, 0.25) is 0 Å². The summed E-state index contributed by atoms with van der Waals surface area (Å²) in [5, 5.41) is 72.8. The number of nitrogens with two attached hydrogens (primary N) is 1. The monoisotopic (exact) mass is 1560 g/mol. The minimum Gasteiger partial charge on any atom is -0.508 e. The van der Waals surface area contributed by atoms with Gasteiger partial charge in [-0.05, 0) is 198 Å². The van der Waals surface area contributed by atoms with Crippen molar-refractivity contribution in [3.63, 3.8) is 0 Å². The van der Waals surface area contributed by atoms with Gasteiger partial charge in [0.1, 0.15) is 36.5 Å². The zero-order valence-corrected chi connectivity index (χ0v) is 65.7. The second-order valence-corrected chi connectivity index (χ2v) is 33.7. The minimum absolute atomic E-state index is 0.00106. The molecule has 8 rings (SSSR count). The number of aliphatic carboxylic acids is 1. The molecule has 29 nitrogen and oxygen atoms in total. The number of carboxylic acids is 1. The van der Waals surface area contributed by atoms with Crippen LogP contribution >= 0.6 is 11.8 Å². The number of urea groups is 1. The van der Waals surface area contributed by atoms with Crippen molar-refractivity contribution in [2.75, 3.05) is 64.9 Å². The number of aliphatic hydroxyl groups is 2. The number of hydrogen-bond donors (Lipinski definition) is 16. The largest absolute Gasteiger partial charge is 0.508 e. The van der Waals surface area contributed by atoms with Crippen molar-refractivity contribution in [1.82, 2.24) is 58.5 Å². The summed E-state index contributed by atoms with van der Waals surface area (Å²) in [6.07, 6.45) is 12.9. The first kappa shape index (κ1) is 87.9. The summed E-state index contributed by atoms with van der Waals surface area (Å²) in [6, 6.07) is 9.26. The first-order chi connectivity index (χ1) is 52.6. The molecule has 4 saturated carbocycles. The van der Waals surface area contributed by atoms with E-state index in [2.05, 4.69) is 79.3 Å². The molecule has 0 spiro atoms. The van der Waals surface area contributed by atoms with Crippen molar-refractivity contribution in [2.24, 2.45) is 58.0 Å². The lowest BCUT2D eigenvalue weighted by molar-refractivity contribution is -0.175. The second-order valence-electron chi connectivity index (χ2n) is 32.4. The van der Waals surface area contributed by atoms with Crippen molar-refractivity contribution in [3.05, 3.63) is 65.7 Å². The Morgan fingerprint density at radius 1 is 0.600 bits per heavy atom. The van der Waals surface area contributed by atoms with E-state index < -0.39 is 103 Å². The molecule has 0 unspecified atom stereocenters. The molecular formula is C80H124N12O17S. The van der Waals surface area contributed by atoms with Crippen LogP contribution in [0.3, 0.4) is 0 Å². The number of carboxylic acid groups (broad SMARTS) is 1. The van der Waals surface area contributed by atoms with E-state index in [1.807, 2.05) is 25.6 Å². The van der Waals surface area contributed by atoms with E-state index in [0.29, 0.717) is 91.0 Å². The van der Waals surface area contributed by atoms with Crippen LogP contribution in [0.5, 0.6) is 5.75 Å². The molecule has 4 aliphatic carbocycles. The Hall–Kier alpha value is -7.64. The summed E-state index contributed by atoms with van der Waals surface area (Å²) in [5.41, 5.74) is 7.38. The van der Waals surface area contributed by atoms with Gasteiger partial charge in [0, 0.05) is 49.9 Å². The highest BCUT2D eigenvalue weighted by Crippen LogP contribution is 2.68. The lowest BCUT2D eigenvalue weighted by atomic mass is 9.43. The van der Waals surface area contributed by atoms with Gasteiger partial charge in [-0.2, -0.15) is 11.8 Å². The van der Waals surface area contributed by atoms with Gasteiger partial charge in [0.2, 0.25) is 53.2 Å². The van der Waals surface area contributed by atoms with Gasteiger partial charge in [0.25, 0.3) is 0 Å². The molecule has 612 valence electrons. The number of rotatable bonds is 46. The molecule has 11 amide bonds. The van der Waals surface area contributed by atoms with Crippen LogP contribution in [0.4, 0.5) is 4.79 Å². The number of amides is 11. The summed E-state index contributed by atoms with van der Waals surface area (Å²) in [6.45, 7) is 10.1. The number of phenolic OH excluding ortho intramolecular Hbond substituents is 1. The molecule has 110 heavy (non-hydrogen) atoms. The highest BCUT2D eigenvalue weighted by molar-refractivity contribution is 8.00. The van der Waals surface area contributed by atoms with Gasteiger partial charge in [-0.15, -0.1) is 0 Å². The van der Waals surface area contributed by atoms with Gasteiger partial charge in [0.05, 0.1) is 63.2 Å². The van der Waals surface area contributed by atoms with Crippen LogP contribution in [-0.4, -0.2) is 210 Å². The molecule has 2 aromatic rings. The number of thioether (sulfide) groups is 1. The van der Waals surface area contributed by atoms with Crippen LogP contribution in [0.1, 0.15) is 181 Å². The van der Waals surface area contributed by atoms with E-state index in [1.54, 1.807) is 42.5 Å². The Kier molecular flexibility index (Phi) is 34.7. The molecule has 0 bridgehead atoms. The number of ether oxygens (including phenoxy) is 2. The van der Waals surface area contributed by atoms with Gasteiger partial charge in [-0.1, -0.05) is 83.5 Å². The summed E-state index contributed by atoms with van der Waals surface area (Å²) in [4.78, 5) is 144. The zero-order chi connectivity index (χ0) is 79.5. The quantitative estimate of drug-likeness (QED) is 0.0332. The molecule has 0 radical (unpaired) electrons. The Morgan fingerprint density at radius 3 is 2.00 bits per heavy atom. The molecule has 2 heterocycles. The third kappa shape index (κ3) is 26.2. The lowest BCUT2D eigenvalue weighted by Gasteiger charge is -2.62. The molecule has 0 aromatic heterocycles.